The normalized spacial score (nSPS) is 17.2. The Balaban J connectivity index is 0.000000182. The lowest BCUT2D eigenvalue weighted by molar-refractivity contribution is -0.385. The molecule has 2 heterocycles. The van der Waals surface area contributed by atoms with Gasteiger partial charge in [0, 0.05) is 32.2 Å². The Kier molecular flexibility index (Phi) is 8.64. The fraction of sp³-hybridized carbons (Fsp3) is 0.583. The van der Waals surface area contributed by atoms with E-state index in [2.05, 4.69) is 26.8 Å². The summed E-state index contributed by atoms with van der Waals surface area (Å²) in [6.45, 7) is 0. The Hall–Kier alpha value is -2.90. The topological polar surface area (TPSA) is 101 Å². The Morgan fingerprint density at radius 2 is 1.28 bits per heavy atom. The fourth-order valence-electron chi connectivity index (χ4n) is 4.61. The first-order valence-corrected chi connectivity index (χ1v) is 11.7. The number of hydrogen-bond acceptors (Lipinski definition) is 7. The van der Waals surface area contributed by atoms with E-state index in [1.807, 2.05) is 19.2 Å². The van der Waals surface area contributed by atoms with E-state index < -0.39 is 4.92 Å². The molecular weight excluding hydrogens is 404 g/mol. The van der Waals surface area contributed by atoms with E-state index in [1.165, 1.54) is 76.5 Å². The lowest BCUT2D eigenvalue weighted by Gasteiger charge is -2.32. The number of nitrogen functional groups attached to an aromatic ring is 1. The smallest absolute Gasteiger partial charge is 0.287 e. The third-order valence-electron chi connectivity index (χ3n) is 6.68. The molecule has 8 nitrogen and oxygen atoms in total. The molecule has 4 rings (SSSR count). The van der Waals surface area contributed by atoms with Crippen molar-refractivity contribution < 1.29 is 4.92 Å². The standard InChI is InChI=1S/C12H17N3O2.C12H19N3/c1-14(10-5-3-2-4-6-10)12-8-7-11(9-13-12)15(16)17;1-15(11-5-3-2-4-6-11)12-8-7-10(13)9-14-12/h7-10H,2-6H2,1H3;7-9,11H,2-6,13H2,1H3. The van der Waals surface area contributed by atoms with Gasteiger partial charge in [-0.1, -0.05) is 38.5 Å². The van der Waals surface area contributed by atoms with Gasteiger partial charge in [0.2, 0.25) is 0 Å². The third-order valence-corrected chi connectivity index (χ3v) is 6.68. The van der Waals surface area contributed by atoms with Crippen LogP contribution in [-0.4, -0.2) is 41.1 Å². The molecule has 32 heavy (non-hydrogen) atoms. The number of rotatable bonds is 5. The summed E-state index contributed by atoms with van der Waals surface area (Å²) in [6, 6.07) is 8.35. The highest BCUT2D eigenvalue weighted by atomic mass is 16.6. The van der Waals surface area contributed by atoms with E-state index in [-0.39, 0.29) is 5.69 Å². The van der Waals surface area contributed by atoms with Gasteiger partial charge in [-0.2, -0.15) is 0 Å². The van der Waals surface area contributed by atoms with E-state index in [4.69, 9.17) is 5.73 Å². The average Bonchev–Trinajstić information content (AvgIpc) is 2.85. The first-order valence-electron chi connectivity index (χ1n) is 11.7. The van der Waals surface area contributed by atoms with Crippen LogP contribution in [0.25, 0.3) is 0 Å². The quantitative estimate of drug-likeness (QED) is 0.504. The van der Waals surface area contributed by atoms with E-state index in [1.54, 1.807) is 12.3 Å². The predicted molar refractivity (Wildman–Crippen MR) is 130 cm³/mol. The highest BCUT2D eigenvalue weighted by molar-refractivity contribution is 5.46. The van der Waals surface area contributed by atoms with Crippen LogP contribution in [0.5, 0.6) is 0 Å². The molecule has 0 bridgehead atoms. The van der Waals surface area contributed by atoms with Gasteiger partial charge in [0.15, 0.2) is 0 Å². The Morgan fingerprint density at radius 1 is 0.812 bits per heavy atom. The molecule has 0 unspecified atom stereocenters. The zero-order valence-corrected chi connectivity index (χ0v) is 19.3. The van der Waals surface area contributed by atoms with Gasteiger partial charge in [0.05, 0.1) is 16.8 Å². The van der Waals surface area contributed by atoms with Crippen LogP contribution in [0.1, 0.15) is 64.2 Å². The number of pyridine rings is 2. The summed E-state index contributed by atoms with van der Waals surface area (Å²) >= 11 is 0. The second-order valence-electron chi connectivity index (χ2n) is 8.89. The molecule has 2 fully saturated rings. The highest BCUT2D eigenvalue weighted by Gasteiger charge is 2.20. The van der Waals surface area contributed by atoms with Gasteiger partial charge < -0.3 is 15.5 Å². The number of hydrogen-bond donors (Lipinski definition) is 1. The molecule has 2 aliphatic carbocycles. The van der Waals surface area contributed by atoms with Gasteiger partial charge in [0.1, 0.15) is 17.8 Å². The van der Waals surface area contributed by atoms with Crippen molar-refractivity contribution in [1.29, 1.82) is 0 Å². The molecule has 2 aromatic rings. The first kappa shape index (κ1) is 23.8. The number of nitrogens with two attached hydrogens (primary N) is 1. The van der Waals surface area contributed by atoms with Crippen molar-refractivity contribution in [3.8, 4) is 0 Å². The lowest BCUT2D eigenvalue weighted by atomic mass is 9.94. The van der Waals surface area contributed by atoms with Crippen molar-refractivity contribution in [2.24, 2.45) is 0 Å². The highest BCUT2D eigenvalue weighted by Crippen LogP contribution is 2.26. The molecule has 0 amide bonds. The van der Waals surface area contributed by atoms with Crippen molar-refractivity contribution in [3.05, 3.63) is 46.8 Å². The van der Waals surface area contributed by atoms with E-state index in [0.717, 1.165) is 17.3 Å². The van der Waals surface area contributed by atoms with Gasteiger partial charge in [0.25, 0.3) is 5.69 Å². The van der Waals surface area contributed by atoms with Crippen molar-refractivity contribution >= 4 is 23.0 Å². The summed E-state index contributed by atoms with van der Waals surface area (Å²) in [5.41, 5.74) is 6.40. The summed E-state index contributed by atoms with van der Waals surface area (Å²) in [5.74, 6) is 1.86. The summed E-state index contributed by atoms with van der Waals surface area (Å²) < 4.78 is 0. The lowest BCUT2D eigenvalue weighted by Crippen LogP contribution is -2.33. The van der Waals surface area contributed by atoms with Crippen LogP contribution >= 0.6 is 0 Å². The number of nitro groups is 1. The largest absolute Gasteiger partial charge is 0.397 e. The summed E-state index contributed by atoms with van der Waals surface area (Å²) in [7, 11) is 4.15. The van der Waals surface area contributed by atoms with Crippen LogP contribution in [-0.2, 0) is 0 Å². The number of nitrogens with zero attached hydrogens (tertiary/aromatic N) is 5. The van der Waals surface area contributed by atoms with Crippen LogP contribution in [0.15, 0.2) is 36.7 Å². The first-order chi connectivity index (χ1) is 15.5. The van der Waals surface area contributed by atoms with Crippen molar-refractivity contribution in [3.63, 3.8) is 0 Å². The van der Waals surface area contributed by atoms with Gasteiger partial charge in [-0.05, 0) is 43.9 Å². The van der Waals surface area contributed by atoms with Crippen molar-refractivity contribution in [2.75, 3.05) is 29.6 Å². The summed E-state index contributed by atoms with van der Waals surface area (Å²) in [4.78, 5) is 23.1. The Labute approximate surface area is 191 Å². The minimum Gasteiger partial charge on any atom is -0.397 e. The minimum atomic E-state index is -0.419. The number of anilines is 3. The SMILES string of the molecule is CN(c1ccc(N)cn1)C1CCCCC1.CN(c1ccc([N+](=O)[O-])cn1)C1CCCCC1. The molecule has 0 radical (unpaired) electrons. The van der Waals surface area contributed by atoms with Gasteiger partial charge in [-0.25, -0.2) is 9.97 Å². The van der Waals surface area contributed by atoms with Gasteiger partial charge >= 0.3 is 0 Å². The zero-order chi connectivity index (χ0) is 22.9. The second kappa shape index (κ2) is 11.6. The molecule has 174 valence electrons. The fourth-order valence-corrected chi connectivity index (χ4v) is 4.61. The molecule has 0 spiro atoms. The molecule has 0 atom stereocenters. The number of aromatic nitrogens is 2. The van der Waals surface area contributed by atoms with Crippen LogP contribution in [0.2, 0.25) is 0 Å². The second-order valence-corrected chi connectivity index (χ2v) is 8.89. The van der Waals surface area contributed by atoms with E-state index in [9.17, 15) is 10.1 Å². The third kappa shape index (κ3) is 6.55. The Morgan fingerprint density at radius 3 is 1.66 bits per heavy atom. The van der Waals surface area contributed by atoms with Crippen molar-refractivity contribution in [1.82, 2.24) is 9.97 Å². The molecular formula is C24H36N6O2. The average molecular weight is 441 g/mol. The zero-order valence-electron chi connectivity index (χ0n) is 19.3. The minimum absolute atomic E-state index is 0.0470. The maximum Gasteiger partial charge on any atom is 0.287 e. The van der Waals surface area contributed by atoms with E-state index >= 15 is 0 Å². The van der Waals surface area contributed by atoms with Crippen LogP contribution in [0.3, 0.4) is 0 Å². The maximum atomic E-state index is 10.5. The van der Waals surface area contributed by atoms with Crippen LogP contribution < -0.4 is 15.5 Å². The van der Waals surface area contributed by atoms with Crippen LogP contribution in [0.4, 0.5) is 23.0 Å². The predicted octanol–water partition coefficient (Wildman–Crippen LogP) is 5.19. The van der Waals surface area contributed by atoms with Gasteiger partial charge in [-0.15, -0.1) is 0 Å². The molecule has 0 aliphatic heterocycles. The molecule has 2 aliphatic rings. The molecule has 2 saturated carbocycles. The maximum absolute atomic E-state index is 10.5. The molecule has 0 saturated heterocycles. The molecule has 8 heteroatoms. The van der Waals surface area contributed by atoms with Gasteiger partial charge in [-0.3, -0.25) is 10.1 Å². The molecule has 2 N–H and O–H groups in total. The Bertz CT molecular complexity index is 831. The summed E-state index contributed by atoms with van der Waals surface area (Å²) in [6.07, 6.45) is 16.0. The monoisotopic (exact) mass is 440 g/mol. The van der Waals surface area contributed by atoms with E-state index in [0.29, 0.717) is 12.1 Å². The van der Waals surface area contributed by atoms with Crippen LogP contribution in [0, 0.1) is 10.1 Å². The summed E-state index contributed by atoms with van der Waals surface area (Å²) in [5, 5.41) is 10.5. The van der Waals surface area contributed by atoms with Crippen molar-refractivity contribution in [2.45, 2.75) is 76.3 Å². The molecule has 2 aromatic heterocycles. The molecule has 0 aromatic carbocycles.